The van der Waals surface area contributed by atoms with Crippen molar-refractivity contribution in [2.24, 2.45) is 22.4 Å². The quantitative estimate of drug-likeness (QED) is 0.858. The Morgan fingerprint density at radius 2 is 1.96 bits per heavy atom. The number of rotatable bonds is 3. The molecule has 0 bridgehead atoms. The molecule has 1 N–H and O–H groups in total. The number of nitrogens with zero attached hydrogens (tertiary/aromatic N) is 3. The number of amides is 1. The van der Waals surface area contributed by atoms with Crippen LogP contribution in [0.3, 0.4) is 0 Å². The largest absolute Gasteiger partial charge is 0.439 e. The second-order valence-corrected chi connectivity index (χ2v) is 8.03. The molecule has 1 fully saturated rings. The van der Waals surface area contributed by atoms with Crippen LogP contribution in [0, 0.1) is 17.3 Å². The maximum Gasteiger partial charge on any atom is 0.439 e. The van der Waals surface area contributed by atoms with Gasteiger partial charge < -0.3 is 5.11 Å². The zero-order chi connectivity index (χ0) is 20.0. The van der Waals surface area contributed by atoms with Crippen LogP contribution in [0.5, 0.6) is 0 Å². The Morgan fingerprint density at radius 3 is 2.52 bits per heavy atom. The van der Waals surface area contributed by atoms with Gasteiger partial charge in [-0.15, -0.1) is 0 Å². The van der Waals surface area contributed by atoms with Crippen molar-refractivity contribution in [1.82, 2.24) is 9.99 Å². The van der Waals surface area contributed by atoms with Crippen LogP contribution in [-0.2, 0) is 0 Å². The van der Waals surface area contributed by atoms with Crippen LogP contribution >= 0.6 is 0 Å². The molecular formula is C19H24F3N3O2. The predicted molar refractivity (Wildman–Crippen MR) is 93.7 cm³/mol. The van der Waals surface area contributed by atoms with E-state index in [1.54, 1.807) is 0 Å². The lowest BCUT2D eigenvalue weighted by Gasteiger charge is -2.43. The third-order valence-corrected chi connectivity index (χ3v) is 6.26. The average Bonchev–Trinajstić information content (AvgIpc) is 2.95. The van der Waals surface area contributed by atoms with Crippen LogP contribution in [0.2, 0.25) is 0 Å². The smallest absolute Gasteiger partial charge is 0.362 e. The molecule has 0 aromatic carbocycles. The Kier molecular flexibility index (Phi) is 4.82. The second-order valence-electron chi connectivity index (χ2n) is 8.03. The normalized spacial score (nSPS) is 28.7. The summed E-state index contributed by atoms with van der Waals surface area (Å²) in [5.41, 5.74) is -3.23. The number of hydrazone groups is 1. The number of pyridine rings is 1. The van der Waals surface area contributed by atoms with Crippen molar-refractivity contribution in [2.45, 2.75) is 58.4 Å². The van der Waals surface area contributed by atoms with E-state index in [4.69, 9.17) is 0 Å². The minimum absolute atomic E-state index is 0.00103. The lowest BCUT2D eigenvalue weighted by atomic mass is 9.64. The van der Waals surface area contributed by atoms with E-state index >= 15 is 0 Å². The number of hydrogen-bond acceptors (Lipinski definition) is 4. The van der Waals surface area contributed by atoms with Gasteiger partial charge in [0.05, 0.1) is 5.92 Å². The van der Waals surface area contributed by atoms with Crippen molar-refractivity contribution in [2.75, 3.05) is 0 Å². The Bertz CT molecular complexity index is 748. The number of fused-ring (bicyclic) bond motifs is 1. The highest BCUT2D eigenvalue weighted by Crippen LogP contribution is 2.52. The van der Waals surface area contributed by atoms with E-state index in [-0.39, 0.29) is 34.0 Å². The van der Waals surface area contributed by atoms with Crippen molar-refractivity contribution < 1.29 is 23.1 Å². The van der Waals surface area contributed by atoms with E-state index in [1.165, 1.54) is 24.5 Å². The van der Waals surface area contributed by atoms with Crippen LogP contribution in [0.1, 0.15) is 56.8 Å². The summed E-state index contributed by atoms with van der Waals surface area (Å²) < 4.78 is 42.1. The average molecular weight is 383 g/mol. The number of carbonyl (C=O) groups is 1. The van der Waals surface area contributed by atoms with E-state index in [2.05, 4.69) is 10.1 Å². The highest BCUT2D eigenvalue weighted by atomic mass is 19.4. The van der Waals surface area contributed by atoms with Crippen molar-refractivity contribution in [3.63, 3.8) is 0 Å². The molecule has 1 aliphatic heterocycles. The summed E-state index contributed by atoms with van der Waals surface area (Å²) in [5.74, 6) is -2.21. The van der Waals surface area contributed by atoms with E-state index in [1.807, 2.05) is 20.8 Å². The van der Waals surface area contributed by atoms with Gasteiger partial charge in [0.1, 0.15) is 0 Å². The molecule has 0 saturated heterocycles. The van der Waals surface area contributed by atoms with Gasteiger partial charge in [-0.25, -0.2) is 0 Å². The molecule has 3 rings (SSSR count). The van der Waals surface area contributed by atoms with E-state index in [0.29, 0.717) is 12.8 Å². The van der Waals surface area contributed by atoms with Gasteiger partial charge in [-0.1, -0.05) is 27.2 Å². The Labute approximate surface area is 156 Å². The molecule has 0 unspecified atom stereocenters. The van der Waals surface area contributed by atoms with Gasteiger partial charge in [0.25, 0.3) is 11.6 Å². The fourth-order valence-corrected chi connectivity index (χ4v) is 4.04. The summed E-state index contributed by atoms with van der Waals surface area (Å²) >= 11 is 0. The summed E-state index contributed by atoms with van der Waals surface area (Å²) in [7, 11) is 0. The molecular weight excluding hydrogens is 359 g/mol. The minimum atomic E-state index is -5.02. The zero-order valence-corrected chi connectivity index (χ0v) is 15.6. The molecule has 0 radical (unpaired) electrons. The third-order valence-electron chi connectivity index (χ3n) is 6.26. The summed E-state index contributed by atoms with van der Waals surface area (Å²) in [6, 6.07) is 2.62. The minimum Gasteiger partial charge on any atom is -0.362 e. The first-order chi connectivity index (χ1) is 12.5. The summed E-state index contributed by atoms with van der Waals surface area (Å²) in [4.78, 5) is 16.5. The Hall–Kier alpha value is -1.96. The van der Waals surface area contributed by atoms with Crippen molar-refractivity contribution in [3.05, 3.63) is 30.1 Å². The highest BCUT2D eigenvalue weighted by Gasteiger charge is 2.69. The van der Waals surface area contributed by atoms with Gasteiger partial charge in [-0.05, 0) is 42.7 Å². The SMILES string of the molecule is CCC(C)(C)[C@@H]1CCC2=NN(C(=O)c3ccncc3)[C@](O)(C(F)(F)F)[C@@H]2C1. The first-order valence-electron chi connectivity index (χ1n) is 9.13. The predicted octanol–water partition coefficient (Wildman–Crippen LogP) is 4.00. The second kappa shape index (κ2) is 6.58. The Balaban J connectivity index is 2.00. The van der Waals surface area contributed by atoms with Crippen molar-refractivity contribution >= 4 is 11.6 Å². The highest BCUT2D eigenvalue weighted by molar-refractivity contribution is 5.99. The van der Waals surface area contributed by atoms with Gasteiger partial charge >= 0.3 is 6.18 Å². The third kappa shape index (κ3) is 3.13. The molecule has 1 saturated carbocycles. The van der Waals surface area contributed by atoms with Gasteiger partial charge in [0.15, 0.2) is 0 Å². The number of aromatic nitrogens is 1. The molecule has 3 atom stereocenters. The molecule has 1 aromatic rings. The molecule has 1 aliphatic carbocycles. The lowest BCUT2D eigenvalue weighted by molar-refractivity contribution is -0.314. The van der Waals surface area contributed by atoms with E-state index in [0.717, 1.165) is 6.42 Å². The van der Waals surface area contributed by atoms with Crippen LogP contribution in [0.15, 0.2) is 29.6 Å². The molecule has 2 aliphatic rings. The lowest BCUT2D eigenvalue weighted by Crippen LogP contribution is -2.62. The number of hydrogen-bond donors (Lipinski definition) is 1. The van der Waals surface area contributed by atoms with Crippen LogP contribution in [0.25, 0.3) is 0 Å². The molecule has 8 heteroatoms. The van der Waals surface area contributed by atoms with E-state index < -0.39 is 23.7 Å². The van der Waals surface area contributed by atoms with Gasteiger partial charge in [-0.2, -0.15) is 23.3 Å². The fraction of sp³-hybridized carbons (Fsp3) is 0.632. The molecule has 0 spiro atoms. The molecule has 1 amide bonds. The Morgan fingerprint density at radius 1 is 1.33 bits per heavy atom. The van der Waals surface area contributed by atoms with Crippen molar-refractivity contribution in [3.8, 4) is 0 Å². The monoisotopic (exact) mass is 383 g/mol. The molecule has 1 aromatic heterocycles. The first-order valence-corrected chi connectivity index (χ1v) is 9.13. The topological polar surface area (TPSA) is 65.8 Å². The summed E-state index contributed by atoms with van der Waals surface area (Å²) in [6.45, 7) is 6.07. The first kappa shape index (κ1) is 19.8. The summed E-state index contributed by atoms with van der Waals surface area (Å²) in [5, 5.41) is 15.0. The molecule has 5 nitrogen and oxygen atoms in total. The maximum absolute atomic E-state index is 14.0. The van der Waals surface area contributed by atoms with Crippen LogP contribution in [0.4, 0.5) is 13.2 Å². The van der Waals surface area contributed by atoms with E-state index in [9.17, 15) is 23.1 Å². The van der Waals surface area contributed by atoms with Gasteiger partial charge in [0.2, 0.25) is 0 Å². The van der Waals surface area contributed by atoms with Crippen LogP contribution in [-0.4, -0.2) is 38.6 Å². The zero-order valence-electron chi connectivity index (χ0n) is 15.6. The number of alkyl halides is 3. The summed E-state index contributed by atoms with van der Waals surface area (Å²) in [6.07, 6.45) is -0.384. The number of aliphatic hydroxyl groups is 1. The van der Waals surface area contributed by atoms with Gasteiger partial charge in [0, 0.05) is 23.7 Å². The van der Waals surface area contributed by atoms with Crippen molar-refractivity contribution in [1.29, 1.82) is 0 Å². The molecule has 148 valence electrons. The molecule has 27 heavy (non-hydrogen) atoms. The fourth-order valence-electron chi connectivity index (χ4n) is 4.04. The van der Waals surface area contributed by atoms with Gasteiger partial charge in [-0.3, -0.25) is 9.78 Å². The van der Waals surface area contributed by atoms with Crippen LogP contribution < -0.4 is 0 Å². The number of carbonyl (C=O) groups excluding carboxylic acids is 1. The standard InChI is InChI=1S/C19H24F3N3O2/c1-4-17(2,3)13-5-6-15-14(11-13)18(27,19(20,21)22)25(24-15)16(26)12-7-9-23-10-8-12/h7-10,13-14,27H,4-6,11H2,1-3H3/t13-,14-,18-/m1/s1. The molecule has 2 heterocycles. The number of halogens is 3. The maximum atomic E-state index is 14.0.